The van der Waals surface area contributed by atoms with Gasteiger partial charge in [-0.1, -0.05) is 60.7 Å². The van der Waals surface area contributed by atoms with Gasteiger partial charge in [0.05, 0.1) is 11.1 Å². The second-order valence-corrected chi connectivity index (χ2v) is 8.76. The Morgan fingerprint density at radius 2 is 1.50 bits per heavy atom. The van der Waals surface area contributed by atoms with Crippen LogP contribution in [0.25, 0.3) is 0 Å². The number of hydrazone groups is 1. The molecule has 30 heavy (non-hydrogen) atoms. The third-order valence-corrected chi connectivity index (χ3v) is 4.92. The van der Waals surface area contributed by atoms with E-state index in [0.717, 1.165) is 11.1 Å². The summed E-state index contributed by atoms with van der Waals surface area (Å²) in [5.41, 5.74) is -1.87. The molecule has 0 radical (unpaired) electrons. The predicted molar refractivity (Wildman–Crippen MR) is 118 cm³/mol. The zero-order valence-corrected chi connectivity index (χ0v) is 18.3. The maximum Gasteiger partial charge on any atom is 0.344 e. The van der Waals surface area contributed by atoms with Gasteiger partial charge in [0, 0.05) is 6.42 Å². The molecule has 0 saturated carbocycles. The molecule has 0 aliphatic carbocycles. The Labute approximate surface area is 178 Å². The van der Waals surface area contributed by atoms with E-state index in [2.05, 4.69) is 5.10 Å². The van der Waals surface area contributed by atoms with E-state index in [1.807, 2.05) is 74.5 Å². The molecule has 0 heterocycles. The quantitative estimate of drug-likeness (QED) is 0.278. The summed E-state index contributed by atoms with van der Waals surface area (Å²) in [6, 6.07) is 18.7. The smallest absolute Gasteiger partial charge is 0.344 e. The van der Waals surface area contributed by atoms with Gasteiger partial charge in [-0.3, -0.25) is 5.01 Å². The van der Waals surface area contributed by atoms with Crippen molar-refractivity contribution in [3.63, 3.8) is 0 Å². The monoisotopic (exact) mass is 412 g/mol. The van der Waals surface area contributed by atoms with Crippen molar-refractivity contribution in [2.24, 2.45) is 16.8 Å². The van der Waals surface area contributed by atoms with Gasteiger partial charge in [0.2, 0.25) is 5.60 Å². The molecule has 0 saturated heterocycles. The number of carboxylic acids is 1. The zero-order chi connectivity index (χ0) is 22.6. The van der Waals surface area contributed by atoms with Crippen molar-refractivity contribution >= 4 is 11.8 Å². The fourth-order valence-electron chi connectivity index (χ4n) is 3.39. The Morgan fingerprint density at radius 3 is 1.93 bits per heavy atom. The first-order valence-electron chi connectivity index (χ1n) is 9.80. The van der Waals surface area contributed by atoms with Crippen molar-refractivity contribution in [2.45, 2.75) is 57.8 Å². The molecule has 1 atom stereocenters. The van der Waals surface area contributed by atoms with E-state index in [1.54, 1.807) is 20.8 Å². The van der Waals surface area contributed by atoms with E-state index >= 15 is 0 Å². The fraction of sp³-hybridized carbons (Fsp3) is 0.391. The standard InChI is InChI=1S/C23H32N4O3/c1-21(2,3)30-23(20(28)29,16-17-12-8-6-9-13-17)19(26-24)27(25)22(4,5)18-14-10-7-11-15-18/h6-15H,16,24-25H2,1-5H3,(H,28,29)/b26-19-. The first-order valence-corrected chi connectivity index (χ1v) is 9.80. The highest BCUT2D eigenvalue weighted by Gasteiger charge is 2.52. The second kappa shape index (κ2) is 8.85. The number of carboxylic acid groups (broad SMARTS) is 1. The Kier molecular flexibility index (Phi) is 6.90. The van der Waals surface area contributed by atoms with Gasteiger partial charge < -0.3 is 15.7 Å². The topological polar surface area (TPSA) is 114 Å². The molecule has 7 heteroatoms. The summed E-state index contributed by atoms with van der Waals surface area (Å²) in [6.07, 6.45) is 0.00897. The Hall–Kier alpha value is -2.90. The average molecular weight is 413 g/mol. The number of carbonyl (C=O) groups is 1. The molecule has 0 bridgehead atoms. The third-order valence-electron chi connectivity index (χ3n) is 4.92. The molecule has 5 N–H and O–H groups in total. The van der Waals surface area contributed by atoms with E-state index < -0.39 is 22.7 Å². The lowest BCUT2D eigenvalue weighted by Crippen LogP contribution is -2.65. The number of nitrogens with zero attached hydrogens (tertiary/aromatic N) is 2. The van der Waals surface area contributed by atoms with Crippen LogP contribution < -0.4 is 11.7 Å². The minimum Gasteiger partial charge on any atom is -0.479 e. The summed E-state index contributed by atoms with van der Waals surface area (Å²) in [6.45, 7) is 9.10. The van der Waals surface area contributed by atoms with Crippen LogP contribution in [0.2, 0.25) is 0 Å². The van der Waals surface area contributed by atoms with Gasteiger partial charge in [-0.15, -0.1) is 0 Å². The number of benzene rings is 2. The molecule has 2 aromatic carbocycles. The predicted octanol–water partition coefficient (Wildman–Crippen LogP) is 3.25. The number of ether oxygens (including phenoxy) is 1. The molecule has 0 aliphatic heterocycles. The number of nitrogens with two attached hydrogens (primary N) is 2. The Morgan fingerprint density at radius 1 is 1.00 bits per heavy atom. The van der Waals surface area contributed by atoms with Crippen LogP contribution >= 0.6 is 0 Å². The van der Waals surface area contributed by atoms with E-state index in [-0.39, 0.29) is 12.3 Å². The molecule has 2 rings (SSSR count). The number of hydrogen-bond donors (Lipinski definition) is 3. The van der Waals surface area contributed by atoms with E-state index in [4.69, 9.17) is 16.4 Å². The summed E-state index contributed by atoms with van der Waals surface area (Å²) < 4.78 is 6.16. The summed E-state index contributed by atoms with van der Waals surface area (Å²) in [5, 5.41) is 15.6. The maximum absolute atomic E-state index is 12.7. The highest BCUT2D eigenvalue weighted by Crippen LogP contribution is 2.33. The van der Waals surface area contributed by atoms with Crippen LogP contribution in [0.3, 0.4) is 0 Å². The number of hydrogen-bond acceptors (Lipinski definition) is 5. The molecule has 0 spiro atoms. The van der Waals surface area contributed by atoms with Crippen LogP contribution in [-0.2, 0) is 21.5 Å². The Balaban J connectivity index is 2.63. The first-order chi connectivity index (χ1) is 13.9. The lowest BCUT2D eigenvalue weighted by Gasteiger charge is -2.44. The first kappa shape index (κ1) is 23.4. The van der Waals surface area contributed by atoms with Crippen molar-refractivity contribution in [1.82, 2.24) is 5.01 Å². The molecule has 0 amide bonds. The van der Waals surface area contributed by atoms with Gasteiger partial charge >= 0.3 is 5.97 Å². The van der Waals surface area contributed by atoms with Crippen molar-refractivity contribution in [2.75, 3.05) is 0 Å². The molecule has 2 aromatic rings. The summed E-state index contributed by atoms with van der Waals surface area (Å²) in [5.74, 6) is 11.0. The number of rotatable bonds is 7. The minimum absolute atomic E-state index is 0.00897. The van der Waals surface area contributed by atoms with Crippen LogP contribution in [0, 0.1) is 0 Å². The zero-order valence-electron chi connectivity index (χ0n) is 18.3. The van der Waals surface area contributed by atoms with Gasteiger partial charge in [-0.25, -0.2) is 10.6 Å². The second-order valence-electron chi connectivity index (χ2n) is 8.76. The molecule has 162 valence electrons. The van der Waals surface area contributed by atoms with Gasteiger partial charge in [-0.05, 0) is 45.7 Å². The van der Waals surface area contributed by atoms with Gasteiger partial charge in [-0.2, -0.15) is 5.10 Å². The largest absolute Gasteiger partial charge is 0.479 e. The average Bonchev–Trinajstić information content (AvgIpc) is 2.68. The van der Waals surface area contributed by atoms with E-state index in [0.29, 0.717) is 0 Å². The third kappa shape index (κ3) is 4.98. The Bertz CT molecular complexity index is 876. The SMILES string of the molecule is CC(C)(C)OC(Cc1ccccc1)(C(=O)O)/C(=N/N)N(N)C(C)(C)c1ccccc1. The molecule has 1 unspecified atom stereocenters. The molecule has 0 aromatic heterocycles. The number of hydrazine groups is 1. The molecule has 7 nitrogen and oxygen atoms in total. The summed E-state index contributed by atoms with van der Waals surface area (Å²) in [4.78, 5) is 12.7. The highest BCUT2D eigenvalue weighted by atomic mass is 16.5. The van der Waals surface area contributed by atoms with Gasteiger partial charge in [0.1, 0.15) is 0 Å². The van der Waals surface area contributed by atoms with Gasteiger partial charge in [0.25, 0.3) is 0 Å². The number of aliphatic carboxylic acids is 1. The molecular weight excluding hydrogens is 380 g/mol. The van der Waals surface area contributed by atoms with Crippen molar-refractivity contribution < 1.29 is 14.6 Å². The van der Waals surface area contributed by atoms with E-state index in [1.165, 1.54) is 5.01 Å². The normalized spacial score (nSPS) is 14.8. The minimum atomic E-state index is -1.89. The highest BCUT2D eigenvalue weighted by molar-refractivity contribution is 6.08. The van der Waals surface area contributed by atoms with E-state index in [9.17, 15) is 9.90 Å². The van der Waals surface area contributed by atoms with Gasteiger partial charge in [0.15, 0.2) is 5.84 Å². The fourth-order valence-corrected chi connectivity index (χ4v) is 3.39. The lowest BCUT2D eigenvalue weighted by atomic mass is 9.87. The maximum atomic E-state index is 12.7. The summed E-state index contributed by atoms with van der Waals surface area (Å²) in [7, 11) is 0. The van der Waals surface area contributed by atoms with Crippen LogP contribution in [0.1, 0.15) is 45.7 Å². The van der Waals surface area contributed by atoms with Crippen LogP contribution in [0.15, 0.2) is 65.8 Å². The van der Waals surface area contributed by atoms with Crippen molar-refractivity contribution in [3.05, 3.63) is 71.8 Å². The number of amidine groups is 1. The molecule has 0 fully saturated rings. The van der Waals surface area contributed by atoms with Crippen molar-refractivity contribution in [3.8, 4) is 0 Å². The summed E-state index contributed by atoms with van der Waals surface area (Å²) >= 11 is 0. The van der Waals surface area contributed by atoms with Crippen LogP contribution in [-0.4, -0.2) is 33.1 Å². The molecule has 0 aliphatic rings. The molecular formula is C23H32N4O3. The van der Waals surface area contributed by atoms with Crippen LogP contribution in [0.4, 0.5) is 0 Å². The lowest BCUT2D eigenvalue weighted by molar-refractivity contribution is -0.172. The van der Waals surface area contributed by atoms with Crippen LogP contribution in [0.5, 0.6) is 0 Å². The van der Waals surface area contributed by atoms with Crippen molar-refractivity contribution in [1.29, 1.82) is 0 Å².